The second-order valence-corrected chi connectivity index (χ2v) is 8.18. The second kappa shape index (κ2) is 8.16. The Morgan fingerprint density at radius 1 is 1.34 bits per heavy atom. The Labute approximate surface area is 175 Å². The van der Waals surface area contributed by atoms with Crippen LogP contribution in [0.3, 0.4) is 0 Å². The average molecular weight is 416 g/mol. The van der Waals surface area contributed by atoms with Crippen molar-refractivity contribution in [1.29, 1.82) is 0 Å². The van der Waals surface area contributed by atoms with Gasteiger partial charge in [0.05, 0.1) is 24.0 Å². The molecule has 0 bridgehead atoms. The summed E-state index contributed by atoms with van der Waals surface area (Å²) in [5, 5.41) is 4.15. The fourth-order valence-electron chi connectivity index (χ4n) is 4.19. The van der Waals surface area contributed by atoms with Crippen LogP contribution in [-0.2, 0) is 11.3 Å². The molecular weight excluding hydrogens is 390 g/mol. The number of aromatic nitrogens is 2. The highest BCUT2D eigenvalue weighted by molar-refractivity contribution is 6.30. The third-order valence-electron chi connectivity index (χ3n) is 5.86. The molecule has 0 spiro atoms. The summed E-state index contributed by atoms with van der Waals surface area (Å²) < 4.78 is 5.45. The molecule has 4 rings (SSSR count). The number of fused-ring (bicyclic) bond motifs is 1. The predicted molar refractivity (Wildman–Crippen MR) is 112 cm³/mol. The molecule has 8 heteroatoms. The quantitative estimate of drug-likeness (QED) is 0.791. The van der Waals surface area contributed by atoms with Crippen molar-refractivity contribution in [1.82, 2.24) is 14.9 Å². The zero-order valence-corrected chi connectivity index (χ0v) is 17.4. The number of carbonyl (C=O) groups excluding carboxylic acids is 1. The van der Waals surface area contributed by atoms with Crippen LogP contribution in [0.4, 0.5) is 10.7 Å². The van der Waals surface area contributed by atoms with Crippen LogP contribution >= 0.6 is 11.6 Å². The van der Waals surface area contributed by atoms with Gasteiger partial charge in [-0.2, -0.15) is 0 Å². The van der Waals surface area contributed by atoms with Crippen LogP contribution < -0.4 is 11.1 Å². The van der Waals surface area contributed by atoms with Crippen LogP contribution in [0.1, 0.15) is 61.2 Å². The summed E-state index contributed by atoms with van der Waals surface area (Å²) >= 11 is 6.22. The lowest BCUT2D eigenvalue weighted by molar-refractivity contribution is 0.0903. The summed E-state index contributed by atoms with van der Waals surface area (Å²) in [5.41, 5.74) is 9.41. The van der Waals surface area contributed by atoms with Crippen LogP contribution in [0, 0.1) is 0 Å². The number of halogens is 1. The number of hydrogen-bond acceptors (Lipinski definition) is 5. The number of primary amides is 1. The van der Waals surface area contributed by atoms with E-state index in [9.17, 15) is 4.79 Å². The monoisotopic (exact) mass is 415 g/mol. The van der Waals surface area contributed by atoms with Crippen molar-refractivity contribution >= 4 is 23.6 Å². The van der Waals surface area contributed by atoms with E-state index in [0.717, 1.165) is 48.6 Å². The molecule has 1 saturated heterocycles. The van der Waals surface area contributed by atoms with E-state index in [4.69, 9.17) is 32.0 Å². The van der Waals surface area contributed by atoms with Gasteiger partial charge in [0.2, 0.25) is 5.95 Å². The van der Waals surface area contributed by atoms with Gasteiger partial charge < -0.3 is 20.7 Å². The van der Waals surface area contributed by atoms with Crippen LogP contribution in [0.5, 0.6) is 0 Å². The molecule has 0 radical (unpaired) electrons. The van der Waals surface area contributed by atoms with Crippen molar-refractivity contribution in [2.24, 2.45) is 5.73 Å². The summed E-state index contributed by atoms with van der Waals surface area (Å²) in [4.78, 5) is 23.2. The Hall–Kier alpha value is -2.38. The van der Waals surface area contributed by atoms with Gasteiger partial charge in [-0.05, 0) is 37.5 Å². The normalized spacial score (nSPS) is 20.4. The minimum Gasteiger partial charge on any atom is -0.381 e. The van der Waals surface area contributed by atoms with Crippen molar-refractivity contribution < 1.29 is 9.53 Å². The number of nitrogens with two attached hydrogens (primary N) is 1. The van der Waals surface area contributed by atoms with Crippen molar-refractivity contribution in [2.45, 2.75) is 51.2 Å². The van der Waals surface area contributed by atoms with Crippen LogP contribution in [0.2, 0.25) is 5.02 Å². The highest BCUT2D eigenvalue weighted by atomic mass is 35.5. The highest BCUT2D eigenvalue weighted by Gasteiger charge is 2.35. The fraction of sp³-hybridized carbons (Fsp3) is 0.476. The average Bonchev–Trinajstić information content (AvgIpc) is 3.04. The fourth-order valence-corrected chi connectivity index (χ4v) is 4.39. The first-order valence-electron chi connectivity index (χ1n) is 10.0. The smallest absolute Gasteiger partial charge is 0.315 e. The molecule has 1 fully saturated rings. The molecule has 2 aliphatic heterocycles. The molecule has 1 unspecified atom stereocenters. The molecule has 0 aliphatic carbocycles. The SMILES string of the molecule is CC1c2c(nc(NC3CCOCC3)nc2[C@H](C)c2cccc(Cl)c2)CN1C(N)=O. The van der Waals surface area contributed by atoms with E-state index < -0.39 is 6.03 Å². The number of hydrogen-bond donors (Lipinski definition) is 2. The molecule has 7 nitrogen and oxygen atoms in total. The van der Waals surface area contributed by atoms with E-state index in [0.29, 0.717) is 17.5 Å². The second-order valence-electron chi connectivity index (χ2n) is 7.74. The molecule has 2 atom stereocenters. The molecule has 29 heavy (non-hydrogen) atoms. The van der Waals surface area contributed by atoms with Gasteiger partial charge in [0.25, 0.3) is 0 Å². The molecule has 1 aromatic heterocycles. The Morgan fingerprint density at radius 3 is 2.79 bits per heavy atom. The van der Waals surface area contributed by atoms with E-state index in [2.05, 4.69) is 12.2 Å². The lowest BCUT2D eigenvalue weighted by atomic mass is 9.92. The summed E-state index contributed by atoms with van der Waals surface area (Å²) in [6.45, 7) is 5.94. The molecule has 154 valence electrons. The zero-order valence-electron chi connectivity index (χ0n) is 16.7. The maximum atomic E-state index is 11.9. The third kappa shape index (κ3) is 4.02. The Bertz CT molecular complexity index is 916. The number of ether oxygens (including phenoxy) is 1. The van der Waals surface area contributed by atoms with E-state index in [-0.39, 0.29) is 18.0 Å². The van der Waals surface area contributed by atoms with Gasteiger partial charge in [0, 0.05) is 35.8 Å². The van der Waals surface area contributed by atoms with Gasteiger partial charge in [0.15, 0.2) is 0 Å². The predicted octanol–water partition coefficient (Wildman–Crippen LogP) is 3.83. The van der Waals surface area contributed by atoms with Gasteiger partial charge in [-0.1, -0.05) is 30.7 Å². The third-order valence-corrected chi connectivity index (χ3v) is 6.09. The highest BCUT2D eigenvalue weighted by Crippen LogP contribution is 2.39. The van der Waals surface area contributed by atoms with Crippen LogP contribution in [0.25, 0.3) is 0 Å². The lowest BCUT2D eigenvalue weighted by Gasteiger charge is -2.25. The number of urea groups is 1. The number of nitrogens with zero attached hydrogens (tertiary/aromatic N) is 3. The first kappa shape index (κ1) is 19.9. The van der Waals surface area contributed by atoms with E-state index in [1.54, 1.807) is 4.90 Å². The first-order valence-corrected chi connectivity index (χ1v) is 10.4. The molecule has 3 heterocycles. The van der Waals surface area contributed by atoms with Crippen molar-refractivity contribution in [3.05, 3.63) is 51.8 Å². The molecule has 2 aliphatic rings. The van der Waals surface area contributed by atoms with Crippen molar-refractivity contribution in [3.8, 4) is 0 Å². The number of benzene rings is 1. The lowest BCUT2D eigenvalue weighted by Crippen LogP contribution is -2.33. The summed E-state index contributed by atoms with van der Waals surface area (Å²) in [7, 11) is 0. The van der Waals surface area contributed by atoms with Crippen molar-refractivity contribution in [3.63, 3.8) is 0 Å². The van der Waals surface area contributed by atoms with Crippen LogP contribution in [0.15, 0.2) is 24.3 Å². The van der Waals surface area contributed by atoms with E-state index in [1.165, 1.54) is 0 Å². The van der Waals surface area contributed by atoms with Gasteiger partial charge in [0.1, 0.15) is 0 Å². The number of nitrogens with one attached hydrogen (secondary N) is 1. The topological polar surface area (TPSA) is 93.4 Å². The number of amides is 2. The van der Waals surface area contributed by atoms with Crippen LogP contribution in [-0.4, -0.2) is 40.2 Å². The largest absolute Gasteiger partial charge is 0.381 e. The maximum absolute atomic E-state index is 11.9. The summed E-state index contributed by atoms with van der Waals surface area (Å²) in [6, 6.07) is 7.46. The van der Waals surface area contributed by atoms with Gasteiger partial charge in [-0.15, -0.1) is 0 Å². The Morgan fingerprint density at radius 2 is 2.10 bits per heavy atom. The number of rotatable bonds is 4. The number of anilines is 1. The Kier molecular flexibility index (Phi) is 5.61. The van der Waals surface area contributed by atoms with Gasteiger partial charge >= 0.3 is 6.03 Å². The molecule has 1 aromatic carbocycles. The first-order chi connectivity index (χ1) is 13.9. The minimum absolute atomic E-state index is 0.00374. The van der Waals surface area contributed by atoms with Crippen molar-refractivity contribution in [2.75, 3.05) is 18.5 Å². The van der Waals surface area contributed by atoms with Gasteiger partial charge in [-0.25, -0.2) is 14.8 Å². The van der Waals surface area contributed by atoms with E-state index in [1.807, 2.05) is 31.2 Å². The summed E-state index contributed by atoms with van der Waals surface area (Å²) in [5.74, 6) is 0.592. The molecule has 3 N–H and O–H groups in total. The molecule has 2 aromatic rings. The zero-order chi connectivity index (χ0) is 20.5. The minimum atomic E-state index is -0.448. The molecule has 0 saturated carbocycles. The summed E-state index contributed by atoms with van der Waals surface area (Å²) in [6.07, 6.45) is 1.84. The Balaban J connectivity index is 1.74. The van der Waals surface area contributed by atoms with Gasteiger partial charge in [-0.3, -0.25) is 0 Å². The van der Waals surface area contributed by atoms with E-state index >= 15 is 0 Å². The standard InChI is InChI=1S/C21H26ClN5O2/c1-12(14-4-3-5-15(22)10-14)19-18-13(2)27(20(23)28)11-17(18)25-21(26-19)24-16-6-8-29-9-7-16/h3-5,10,12-13,16H,6-9,11H2,1-2H3,(H2,23,28)(H,24,25,26)/t12-,13?/m1/s1. The maximum Gasteiger partial charge on any atom is 0.315 e. The number of carbonyl (C=O) groups is 1. The molecular formula is C21H26ClN5O2. The molecule has 2 amide bonds.